The highest BCUT2D eigenvalue weighted by molar-refractivity contribution is 7.27. The van der Waals surface area contributed by atoms with E-state index in [9.17, 15) is 4.39 Å². The number of thiophene rings is 1. The fourth-order valence-electron chi connectivity index (χ4n) is 5.21. The largest absolute Gasteiger partial charge is 0.249 e. The first kappa shape index (κ1) is 31.1. The van der Waals surface area contributed by atoms with Crippen LogP contribution in [0.2, 0.25) is 0 Å². The lowest BCUT2D eigenvalue weighted by Gasteiger charge is -2.03. The lowest BCUT2D eigenvalue weighted by Crippen LogP contribution is -1.91. The Labute approximate surface area is 253 Å². The summed E-state index contributed by atoms with van der Waals surface area (Å²) in [6, 6.07) is 9.48. The third-order valence-electron chi connectivity index (χ3n) is 7.49. The average Bonchev–Trinajstić information content (AvgIpc) is 3.70. The van der Waals surface area contributed by atoms with Gasteiger partial charge in [-0.15, -0.1) is 34.0 Å². The van der Waals surface area contributed by atoms with Crippen LogP contribution >= 0.6 is 34.0 Å². The smallest absolute Gasteiger partial charge is 0.134 e. The first-order valence-electron chi connectivity index (χ1n) is 15.5. The van der Waals surface area contributed by atoms with Crippen LogP contribution in [0.1, 0.15) is 115 Å². The normalized spacial score (nSPS) is 11.5. The lowest BCUT2D eigenvalue weighted by atomic mass is 10.1. The topological polar surface area (TPSA) is 25.8 Å². The zero-order chi connectivity index (χ0) is 28.2. The fourth-order valence-corrected chi connectivity index (χ4v) is 8.62. The van der Waals surface area contributed by atoms with Gasteiger partial charge in [-0.1, -0.05) is 90.7 Å². The van der Waals surface area contributed by atoms with Crippen molar-refractivity contribution >= 4 is 34.0 Å². The van der Waals surface area contributed by atoms with E-state index in [1.807, 2.05) is 29.0 Å². The molecular weight excluding hydrogens is 552 g/mol. The Bertz CT molecular complexity index is 1300. The van der Waals surface area contributed by atoms with Crippen molar-refractivity contribution in [2.75, 3.05) is 0 Å². The third-order valence-corrected chi connectivity index (χ3v) is 11.0. The second kappa shape index (κ2) is 16.5. The third kappa shape index (κ3) is 8.56. The molecule has 0 aliphatic rings. The van der Waals surface area contributed by atoms with E-state index in [2.05, 4.69) is 26.8 Å². The van der Waals surface area contributed by atoms with Gasteiger partial charge in [-0.05, 0) is 67.9 Å². The average molecular weight is 597 g/mol. The van der Waals surface area contributed by atoms with E-state index in [1.54, 1.807) is 28.7 Å². The number of halogens is 1. The number of hydrogen-bond acceptors (Lipinski definition) is 5. The van der Waals surface area contributed by atoms with E-state index in [0.717, 1.165) is 46.8 Å². The SMILES string of the molecule is CCCCCCc1cc(-c2scnc2CCCCCC)sc1-c1nc(CCCCCC)c(-c2cccc(F)c2)s1. The molecule has 40 heavy (non-hydrogen) atoms. The molecule has 0 radical (unpaired) electrons. The first-order chi connectivity index (χ1) is 19.6. The second-order valence-corrected chi connectivity index (χ2v) is 13.7. The monoisotopic (exact) mass is 596 g/mol. The van der Waals surface area contributed by atoms with E-state index in [1.165, 1.54) is 103 Å². The van der Waals surface area contributed by atoms with E-state index in [4.69, 9.17) is 9.97 Å². The molecule has 1 aromatic carbocycles. The highest BCUT2D eigenvalue weighted by Crippen LogP contribution is 2.45. The van der Waals surface area contributed by atoms with Gasteiger partial charge >= 0.3 is 0 Å². The Balaban J connectivity index is 1.69. The maximum absolute atomic E-state index is 14.2. The van der Waals surface area contributed by atoms with Gasteiger partial charge in [0.05, 0.1) is 31.5 Å². The van der Waals surface area contributed by atoms with Crippen molar-refractivity contribution in [1.82, 2.24) is 9.97 Å². The maximum atomic E-state index is 14.2. The number of benzene rings is 1. The van der Waals surface area contributed by atoms with Gasteiger partial charge in [0.25, 0.3) is 0 Å². The standard InChI is InChI=1S/C34H45FN2S3/c1-4-7-10-13-17-26-23-30(33-28(36-24-38-33)20-14-11-8-5-2)39-32(26)34-37-29(21-15-12-9-6-3)31(40-34)25-18-16-19-27(35)22-25/h16,18-19,22-24H,4-15,17,20-21H2,1-3H3. The van der Waals surface area contributed by atoms with Gasteiger partial charge < -0.3 is 0 Å². The molecule has 2 nitrogen and oxygen atoms in total. The molecule has 0 unspecified atom stereocenters. The molecule has 4 rings (SSSR count). The Kier molecular flexibility index (Phi) is 12.8. The molecular formula is C34H45FN2S3. The highest BCUT2D eigenvalue weighted by atomic mass is 32.1. The minimum Gasteiger partial charge on any atom is -0.249 e. The molecule has 0 atom stereocenters. The summed E-state index contributed by atoms with van der Waals surface area (Å²) >= 11 is 5.42. The highest BCUT2D eigenvalue weighted by Gasteiger charge is 2.21. The summed E-state index contributed by atoms with van der Waals surface area (Å²) < 4.78 is 14.2. The van der Waals surface area contributed by atoms with Crippen LogP contribution in [0.5, 0.6) is 0 Å². The molecule has 0 saturated carbocycles. The summed E-state index contributed by atoms with van der Waals surface area (Å²) in [6.07, 6.45) is 17.9. The molecule has 0 fully saturated rings. The van der Waals surface area contributed by atoms with Crippen molar-refractivity contribution in [2.24, 2.45) is 0 Å². The van der Waals surface area contributed by atoms with E-state index in [-0.39, 0.29) is 5.82 Å². The van der Waals surface area contributed by atoms with Crippen molar-refractivity contribution in [3.8, 4) is 30.1 Å². The molecule has 6 heteroatoms. The first-order valence-corrected chi connectivity index (χ1v) is 18.0. The lowest BCUT2D eigenvalue weighted by molar-refractivity contribution is 0.628. The molecule has 0 aliphatic carbocycles. The molecule has 3 aromatic heterocycles. The van der Waals surface area contributed by atoms with Gasteiger partial charge in [0, 0.05) is 4.88 Å². The van der Waals surface area contributed by atoms with Crippen LogP contribution in [0.25, 0.3) is 30.1 Å². The van der Waals surface area contributed by atoms with Crippen LogP contribution in [0.15, 0.2) is 35.8 Å². The summed E-state index contributed by atoms with van der Waals surface area (Å²) in [4.78, 5) is 15.2. The van der Waals surface area contributed by atoms with Crippen LogP contribution in [0, 0.1) is 5.82 Å². The molecule has 216 valence electrons. The van der Waals surface area contributed by atoms with E-state index in [0.29, 0.717) is 0 Å². The van der Waals surface area contributed by atoms with Crippen LogP contribution in [0.4, 0.5) is 4.39 Å². The molecule has 4 aromatic rings. The number of hydrogen-bond donors (Lipinski definition) is 0. The quantitative estimate of drug-likeness (QED) is 0.107. The molecule has 0 saturated heterocycles. The van der Waals surface area contributed by atoms with Crippen LogP contribution in [-0.2, 0) is 19.3 Å². The van der Waals surface area contributed by atoms with Gasteiger partial charge in [0.1, 0.15) is 10.8 Å². The van der Waals surface area contributed by atoms with Gasteiger partial charge in [-0.2, -0.15) is 0 Å². The van der Waals surface area contributed by atoms with Crippen molar-refractivity contribution in [3.05, 3.63) is 58.6 Å². The number of aryl methyl sites for hydroxylation is 3. The summed E-state index contributed by atoms with van der Waals surface area (Å²) in [6.45, 7) is 6.78. The minimum atomic E-state index is -0.184. The Morgan fingerprint density at radius 3 is 2.02 bits per heavy atom. The summed E-state index contributed by atoms with van der Waals surface area (Å²) in [7, 11) is 0. The Morgan fingerprint density at radius 2 is 1.35 bits per heavy atom. The molecule has 3 heterocycles. The summed E-state index contributed by atoms with van der Waals surface area (Å²) in [5.74, 6) is -0.184. The van der Waals surface area contributed by atoms with Crippen molar-refractivity contribution in [2.45, 2.75) is 117 Å². The van der Waals surface area contributed by atoms with Gasteiger partial charge in [0.15, 0.2) is 0 Å². The van der Waals surface area contributed by atoms with Crippen LogP contribution < -0.4 is 0 Å². The maximum Gasteiger partial charge on any atom is 0.134 e. The number of nitrogens with zero attached hydrogens (tertiary/aromatic N) is 2. The number of unbranched alkanes of at least 4 members (excludes halogenated alkanes) is 9. The number of aromatic nitrogens is 2. The Hall–Kier alpha value is -1.89. The Morgan fingerprint density at radius 1 is 0.675 bits per heavy atom. The second-order valence-electron chi connectivity index (χ2n) is 10.8. The predicted molar refractivity (Wildman–Crippen MR) is 175 cm³/mol. The molecule has 0 aliphatic heterocycles. The fraction of sp³-hybridized carbons (Fsp3) is 0.529. The summed E-state index contributed by atoms with van der Waals surface area (Å²) in [5, 5.41) is 1.10. The van der Waals surface area contributed by atoms with Crippen LogP contribution in [0.3, 0.4) is 0 Å². The van der Waals surface area contributed by atoms with Gasteiger partial charge in [-0.3, -0.25) is 0 Å². The van der Waals surface area contributed by atoms with E-state index >= 15 is 0 Å². The number of rotatable bonds is 18. The molecule has 0 N–H and O–H groups in total. The van der Waals surface area contributed by atoms with Crippen molar-refractivity contribution < 1.29 is 4.39 Å². The minimum absolute atomic E-state index is 0.184. The zero-order valence-electron chi connectivity index (χ0n) is 24.6. The molecule has 0 amide bonds. The molecule has 0 bridgehead atoms. The molecule has 0 spiro atoms. The zero-order valence-corrected chi connectivity index (χ0v) is 27.0. The van der Waals surface area contributed by atoms with Crippen molar-refractivity contribution in [1.29, 1.82) is 0 Å². The van der Waals surface area contributed by atoms with E-state index < -0.39 is 0 Å². The summed E-state index contributed by atoms with van der Waals surface area (Å²) in [5.41, 5.74) is 6.77. The van der Waals surface area contributed by atoms with Gasteiger partial charge in [0.2, 0.25) is 0 Å². The van der Waals surface area contributed by atoms with Crippen LogP contribution in [-0.4, -0.2) is 9.97 Å². The predicted octanol–water partition coefficient (Wildman–Crippen LogP) is 12.2. The van der Waals surface area contributed by atoms with Gasteiger partial charge in [-0.25, -0.2) is 14.4 Å². The van der Waals surface area contributed by atoms with Crippen molar-refractivity contribution in [3.63, 3.8) is 0 Å². The number of thiazole rings is 2.